The fourth-order valence-corrected chi connectivity index (χ4v) is 2.75. The summed E-state index contributed by atoms with van der Waals surface area (Å²) in [6, 6.07) is 5.87. The molecular weight excluding hydrogens is 282 g/mol. The van der Waals surface area contributed by atoms with Crippen LogP contribution in [-0.2, 0) is 4.74 Å². The minimum Gasteiger partial charge on any atom is -0.384 e. The van der Waals surface area contributed by atoms with Gasteiger partial charge in [-0.3, -0.25) is 5.41 Å². The van der Waals surface area contributed by atoms with E-state index in [0.29, 0.717) is 0 Å². The van der Waals surface area contributed by atoms with Gasteiger partial charge in [0.1, 0.15) is 5.84 Å². The van der Waals surface area contributed by atoms with E-state index in [4.69, 9.17) is 15.9 Å². The summed E-state index contributed by atoms with van der Waals surface area (Å²) in [6.07, 6.45) is 1.29. The van der Waals surface area contributed by atoms with Gasteiger partial charge in [0.25, 0.3) is 0 Å². The average molecular weight is 298 g/mol. The zero-order valence-corrected chi connectivity index (χ0v) is 11.3. The van der Waals surface area contributed by atoms with Crippen LogP contribution in [0.3, 0.4) is 0 Å². The van der Waals surface area contributed by atoms with Gasteiger partial charge in [-0.1, -0.05) is 6.07 Å². The van der Waals surface area contributed by atoms with Gasteiger partial charge < -0.3 is 15.4 Å². The summed E-state index contributed by atoms with van der Waals surface area (Å²) in [7, 11) is 1.74. The molecule has 0 saturated carbocycles. The van der Waals surface area contributed by atoms with Crippen LogP contribution in [0, 0.1) is 5.41 Å². The molecule has 0 bridgehead atoms. The first-order valence-electron chi connectivity index (χ1n) is 5.54. The van der Waals surface area contributed by atoms with E-state index in [2.05, 4.69) is 20.8 Å². The monoisotopic (exact) mass is 297 g/mol. The first-order chi connectivity index (χ1) is 8.13. The second-order valence-corrected chi connectivity index (χ2v) is 4.99. The Kier molecular flexibility index (Phi) is 3.69. The van der Waals surface area contributed by atoms with Crippen LogP contribution in [0.1, 0.15) is 12.0 Å². The maximum Gasteiger partial charge on any atom is 0.126 e. The highest BCUT2D eigenvalue weighted by atomic mass is 79.9. The summed E-state index contributed by atoms with van der Waals surface area (Å²) in [5.74, 6) is 0.0911. The van der Waals surface area contributed by atoms with Crippen molar-refractivity contribution in [3.63, 3.8) is 0 Å². The molecule has 1 aromatic rings. The number of halogens is 1. The molecule has 0 amide bonds. The Bertz CT molecular complexity index is 436. The highest BCUT2D eigenvalue weighted by molar-refractivity contribution is 9.10. The van der Waals surface area contributed by atoms with Gasteiger partial charge >= 0.3 is 0 Å². The van der Waals surface area contributed by atoms with Crippen LogP contribution in [0.25, 0.3) is 0 Å². The molecule has 3 N–H and O–H groups in total. The summed E-state index contributed by atoms with van der Waals surface area (Å²) in [4.78, 5) is 2.22. The number of hydrogen-bond acceptors (Lipinski definition) is 3. The Morgan fingerprint density at radius 1 is 1.59 bits per heavy atom. The maximum atomic E-state index is 7.67. The molecule has 1 fully saturated rings. The first-order valence-corrected chi connectivity index (χ1v) is 6.33. The molecule has 0 aromatic heterocycles. The van der Waals surface area contributed by atoms with E-state index in [0.717, 1.165) is 35.2 Å². The lowest BCUT2D eigenvalue weighted by Gasteiger charge is -2.22. The Hall–Kier alpha value is -1.07. The van der Waals surface area contributed by atoms with Gasteiger partial charge in [-0.05, 0) is 34.5 Å². The van der Waals surface area contributed by atoms with Crippen molar-refractivity contribution < 1.29 is 4.74 Å². The van der Waals surface area contributed by atoms with Gasteiger partial charge in [0.05, 0.1) is 11.7 Å². The number of hydrogen-bond donors (Lipinski definition) is 2. The smallest absolute Gasteiger partial charge is 0.126 e. The minimum absolute atomic E-state index is 0.0911. The number of nitrogen functional groups attached to an aromatic ring is 1. The molecular formula is C12H16BrN3O. The van der Waals surface area contributed by atoms with Crippen molar-refractivity contribution in [3.05, 3.63) is 28.2 Å². The fourth-order valence-electron chi connectivity index (χ4n) is 2.18. The molecule has 92 valence electrons. The maximum absolute atomic E-state index is 7.67. The number of nitrogens with zero attached hydrogens (tertiary/aromatic N) is 1. The standard InChI is InChI=1S/C12H16BrN3O/c1-17-8-5-6-16(7-8)10-4-2-3-9(13)11(10)12(14)15/h2-4,8H,5-7H2,1H3,(H3,14,15). The Labute approximate surface area is 109 Å². The van der Waals surface area contributed by atoms with E-state index in [1.165, 1.54) is 0 Å². The summed E-state index contributed by atoms with van der Waals surface area (Å²) in [6.45, 7) is 1.79. The highest BCUT2D eigenvalue weighted by Crippen LogP contribution is 2.30. The molecule has 0 spiro atoms. The summed E-state index contributed by atoms with van der Waals surface area (Å²) >= 11 is 3.45. The van der Waals surface area contributed by atoms with E-state index in [-0.39, 0.29) is 11.9 Å². The molecule has 0 aliphatic carbocycles. The van der Waals surface area contributed by atoms with Crippen LogP contribution in [0.2, 0.25) is 0 Å². The molecule has 1 aliphatic rings. The number of methoxy groups -OCH3 is 1. The van der Waals surface area contributed by atoms with Crippen LogP contribution in [0.15, 0.2) is 22.7 Å². The second-order valence-electron chi connectivity index (χ2n) is 4.14. The van der Waals surface area contributed by atoms with E-state index >= 15 is 0 Å². The predicted octanol–water partition coefficient (Wildman–Crippen LogP) is 1.96. The summed E-state index contributed by atoms with van der Waals surface area (Å²) < 4.78 is 6.22. The number of rotatable bonds is 3. The molecule has 1 unspecified atom stereocenters. The van der Waals surface area contributed by atoms with Crippen LogP contribution in [0.5, 0.6) is 0 Å². The van der Waals surface area contributed by atoms with Crippen LogP contribution in [0.4, 0.5) is 5.69 Å². The normalized spacial score (nSPS) is 19.6. The van der Waals surface area contributed by atoms with Crippen molar-refractivity contribution in [3.8, 4) is 0 Å². The van der Waals surface area contributed by atoms with Gasteiger partial charge in [0, 0.05) is 30.4 Å². The predicted molar refractivity (Wildman–Crippen MR) is 72.8 cm³/mol. The van der Waals surface area contributed by atoms with E-state index < -0.39 is 0 Å². The topological polar surface area (TPSA) is 62.3 Å². The third-order valence-electron chi connectivity index (χ3n) is 3.08. The van der Waals surface area contributed by atoms with Gasteiger partial charge in [0.2, 0.25) is 0 Å². The van der Waals surface area contributed by atoms with Gasteiger partial charge in [0.15, 0.2) is 0 Å². The average Bonchev–Trinajstić information content (AvgIpc) is 2.76. The number of ether oxygens (including phenoxy) is 1. The molecule has 1 aliphatic heterocycles. The zero-order valence-electron chi connectivity index (χ0n) is 9.74. The third-order valence-corrected chi connectivity index (χ3v) is 3.74. The lowest BCUT2D eigenvalue weighted by Crippen LogP contribution is -2.25. The molecule has 1 saturated heterocycles. The van der Waals surface area contributed by atoms with Crippen molar-refractivity contribution in [2.45, 2.75) is 12.5 Å². The first kappa shape index (κ1) is 12.4. The quantitative estimate of drug-likeness (QED) is 0.662. The van der Waals surface area contributed by atoms with Crippen LogP contribution >= 0.6 is 15.9 Å². The van der Waals surface area contributed by atoms with E-state index in [9.17, 15) is 0 Å². The summed E-state index contributed by atoms with van der Waals surface area (Å²) in [5, 5.41) is 7.67. The summed E-state index contributed by atoms with van der Waals surface area (Å²) in [5.41, 5.74) is 7.42. The number of amidine groups is 1. The van der Waals surface area contributed by atoms with Crippen molar-refractivity contribution >= 4 is 27.5 Å². The second kappa shape index (κ2) is 5.06. The number of nitrogens with two attached hydrogens (primary N) is 1. The molecule has 1 atom stereocenters. The van der Waals surface area contributed by atoms with Gasteiger partial charge in [-0.2, -0.15) is 0 Å². The molecule has 1 heterocycles. The molecule has 17 heavy (non-hydrogen) atoms. The highest BCUT2D eigenvalue weighted by Gasteiger charge is 2.25. The Morgan fingerprint density at radius 2 is 2.35 bits per heavy atom. The Balaban J connectivity index is 2.33. The lowest BCUT2D eigenvalue weighted by molar-refractivity contribution is 0.121. The number of benzene rings is 1. The minimum atomic E-state index is 0.0911. The Morgan fingerprint density at radius 3 is 2.94 bits per heavy atom. The molecule has 2 rings (SSSR count). The van der Waals surface area contributed by atoms with E-state index in [1.807, 2.05) is 18.2 Å². The third kappa shape index (κ3) is 2.45. The van der Waals surface area contributed by atoms with Gasteiger partial charge in [-0.15, -0.1) is 0 Å². The molecule has 4 nitrogen and oxygen atoms in total. The fraction of sp³-hybridized carbons (Fsp3) is 0.417. The van der Waals surface area contributed by atoms with Crippen LogP contribution in [-0.4, -0.2) is 32.1 Å². The molecule has 0 radical (unpaired) electrons. The van der Waals surface area contributed by atoms with Crippen molar-refractivity contribution in [1.29, 1.82) is 5.41 Å². The van der Waals surface area contributed by atoms with Crippen molar-refractivity contribution in [1.82, 2.24) is 0 Å². The van der Waals surface area contributed by atoms with Crippen molar-refractivity contribution in [2.24, 2.45) is 5.73 Å². The van der Waals surface area contributed by atoms with E-state index in [1.54, 1.807) is 7.11 Å². The number of anilines is 1. The van der Waals surface area contributed by atoms with Crippen molar-refractivity contribution in [2.75, 3.05) is 25.1 Å². The molecule has 5 heteroatoms. The largest absolute Gasteiger partial charge is 0.384 e. The SMILES string of the molecule is COC1CCN(c2cccc(Br)c2C(=N)N)C1. The lowest BCUT2D eigenvalue weighted by atomic mass is 10.1. The van der Waals surface area contributed by atoms with Crippen LogP contribution < -0.4 is 10.6 Å². The van der Waals surface area contributed by atoms with Gasteiger partial charge in [-0.25, -0.2) is 0 Å². The molecule has 1 aromatic carbocycles. The number of nitrogens with one attached hydrogen (secondary N) is 1. The zero-order chi connectivity index (χ0) is 12.4.